The number of benzene rings is 1. The Balaban J connectivity index is 2.10. The first-order chi connectivity index (χ1) is 8.74. The van der Waals surface area contributed by atoms with Crippen LogP contribution < -0.4 is 0 Å². The maximum absolute atomic E-state index is 4.34. The molecule has 3 aromatic rings. The van der Waals surface area contributed by atoms with E-state index in [2.05, 4.69) is 39.8 Å². The molecule has 18 heavy (non-hydrogen) atoms. The summed E-state index contributed by atoms with van der Waals surface area (Å²) < 4.78 is 0. The van der Waals surface area contributed by atoms with Gasteiger partial charge in [0.25, 0.3) is 0 Å². The van der Waals surface area contributed by atoms with Crippen LogP contribution in [0.25, 0.3) is 22.3 Å². The van der Waals surface area contributed by atoms with Crippen molar-refractivity contribution in [3.63, 3.8) is 0 Å². The van der Waals surface area contributed by atoms with Crippen molar-refractivity contribution in [2.45, 2.75) is 19.8 Å². The molecule has 0 saturated carbocycles. The Morgan fingerprint density at radius 3 is 2.78 bits per heavy atom. The van der Waals surface area contributed by atoms with E-state index in [9.17, 15) is 0 Å². The third kappa shape index (κ3) is 1.86. The summed E-state index contributed by atoms with van der Waals surface area (Å²) in [5.74, 6) is 0.405. The van der Waals surface area contributed by atoms with Gasteiger partial charge in [0.2, 0.25) is 0 Å². The van der Waals surface area contributed by atoms with Gasteiger partial charge in [-0.25, -0.2) is 15.0 Å². The van der Waals surface area contributed by atoms with Gasteiger partial charge in [0, 0.05) is 11.3 Å². The second kappa shape index (κ2) is 4.22. The minimum atomic E-state index is 0.405. The zero-order valence-corrected chi connectivity index (χ0v) is 10.4. The number of hydrogen-bond acceptors (Lipinski definition) is 3. The summed E-state index contributed by atoms with van der Waals surface area (Å²) in [6, 6.07) is 8.14. The zero-order chi connectivity index (χ0) is 12.5. The van der Waals surface area contributed by atoms with Crippen molar-refractivity contribution in [2.24, 2.45) is 0 Å². The number of nitrogens with one attached hydrogen (secondary N) is 1. The minimum absolute atomic E-state index is 0.405. The van der Waals surface area contributed by atoms with Crippen molar-refractivity contribution in [1.29, 1.82) is 0 Å². The predicted molar refractivity (Wildman–Crippen MR) is 71.2 cm³/mol. The standard InChI is InChI=1S/C14H14N4/c1-9(2)12-6-13(17-8-16-12)10-3-4-11-14(5-10)18-7-15-11/h3-9H,1-2H3,(H,15,18). The van der Waals surface area contributed by atoms with Gasteiger partial charge in [0.15, 0.2) is 0 Å². The summed E-state index contributed by atoms with van der Waals surface area (Å²) in [5.41, 5.74) is 5.08. The molecule has 0 atom stereocenters. The molecule has 0 aliphatic carbocycles. The summed E-state index contributed by atoms with van der Waals surface area (Å²) in [6.07, 6.45) is 3.33. The van der Waals surface area contributed by atoms with E-state index in [-0.39, 0.29) is 0 Å². The Morgan fingerprint density at radius 1 is 1.06 bits per heavy atom. The van der Waals surface area contributed by atoms with Crippen molar-refractivity contribution in [3.8, 4) is 11.3 Å². The molecule has 4 nitrogen and oxygen atoms in total. The number of imidazole rings is 1. The molecule has 0 spiro atoms. The van der Waals surface area contributed by atoms with Crippen LogP contribution in [0.1, 0.15) is 25.5 Å². The topological polar surface area (TPSA) is 54.5 Å². The van der Waals surface area contributed by atoms with Crippen LogP contribution in [0.15, 0.2) is 36.9 Å². The van der Waals surface area contributed by atoms with Gasteiger partial charge in [-0.3, -0.25) is 0 Å². The van der Waals surface area contributed by atoms with Gasteiger partial charge < -0.3 is 4.98 Å². The van der Waals surface area contributed by atoms with E-state index in [4.69, 9.17) is 0 Å². The highest BCUT2D eigenvalue weighted by Crippen LogP contribution is 2.22. The Hall–Kier alpha value is -2.23. The van der Waals surface area contributed by atoms with Crippen LogP contribution in [0, 0.1) is 0 Å². The fourth-order valence-electron chi connectivity index (χ4n) is 1.94. The largest absolute Gasteiger partial charge is 0.345 e. The molecule has 1 N–H and O–H groups in total. The van der Waals surface area contributed by atoms with Crippen molar-refractivity contribution >= 4 is 11.0 Å². The number of fused-ring (bicyclic) bond motifs is 1. The molecule has 0 aliphatic heterocycles. The molecule has 0 radical (unpaired) electrons. The predicted octanol–water partition coefficient (Wildman–Crippen LogP) is 3.14. The van der Waals surface area contributed by atoms with E-state index < -0.39 is 0 Å². The molecule has 0 amide bonds. The number of aromatic amines is 1. The van der Waals surface area contributed by atoms with Crippen molar-refractivity contribution in [1.82, 2.24) is 19.9 Å². The summed E-state index contributed by atoms with van der Waals surface area (Å²) in [4.78, 5) is 15.9. The Morgan fingerprint density at radius 2 is 1.94 bits per heavy atom. The lowest BCUT2D eigenvalue weighted by atomic mass is 10.1. The molecule has 3 rings (SSSR count). The molecule has 4 heteroatoms. The second-order valence-electron chi connectivity index (χ2n) is 4.62. The average Bonchev–Trinajstić information content (AvgIpc) is 2.86. The monoisotopic (exact) mass is 238 g/mol. The lowest BCUT2D eigenvalue weighted by molar-refractivity contribution is 0.815. The van der Waals surface area contributed by atoms with Gasteiger partial charge >= 0.3 is 0 Å². The van der Waals surface area contributed by atoms with Crippen molar-refractivity contribution in [2.75, 3.05) is 0 Å². The zero-order valence-electron chi connectivity index (χ0n) is 10.4. The third-order valence-corrected chi connectivity index (χ3v) is 3.00. The lowest BCUT2D eigenvalue weighted by Gasteiger charge is -2.06. The molecule has 90 valence electrons. The molecule has 1 aromatic carbocycles. The third-order valence-electron chi connectivity index (χ3n) is 3.00. The quantitative estimate of drug-likeness (QED) is 0.746. The van der Waals surface area contributed by atoms with Crippen LogP contribution in [0.5, 0.6) is 0 Å². The van der Waals surface area contributed by atoms with Gasteiger partial charge in [0.1, 0.15) is 6.33 Å². The maximum atomic E-state index is 4.34. The van der Waals surface area contributed by atoms with Crippen molar-refractivity contribution < 1.29 is 0 Å². The van der Waals surface area contributed by atoms with E-state index in [1.165, 1.54) is 0 Å². The molecule has 2 heterocycles. The van der Waals surface area contributed by atoms with Gasteiger partial charge in [0.05, 0.1) is 23.1 Å². The maximum Gasteiger partial charge on any atom is 0.116 e. The van der Waals surface area contributed by atoms with Crippen LogP contribution >= 0.6 is 0 Å². The van der Waals surface area contributed by atoms with Crippen LogP contribution in [0.3, 0.4) is 0 Å². The molecular formula is C14H14N4. The Labute approximate surface area is 105 Å². The highest BCUT2D eigenvalue weighted by Gasteiger charge is 2.06. The van der Waals surface area contributed by atoms with Gasteiger partial charge in [-0.2, -0.15) is 0 Å². The number of hydrogen-bond donors (Lipinski definition) is 1. The van der Waals surface area contributed by atoms with Crippen LogP contribution in [-0.2, 0) is 0 Å². The second-order valence-corrected chi connectivity index (χ2v) is 4.62. The summed E-state index contributed by atoms with van der Waals surface area (Å²) in [6.45, 7) is 4.26. The highest BCUT2D eigenvalue weighted by molar-refractivity contribution is 5.80. The van der Waals surface area contributed by atoms with E-state index in [1.54, 1.807) is 12.7 Å². The van der Waals surface area contributed by atoms with Crippen LogP contribution in [-0.4, -0.2) is 19.9 Å². The van der Waals surface area contributed by atoms with Gasteiger partial charge in [-0.15, -0.1) is 0 Å². The summed E-state index contributed by atoms with van der Waals surface area (Å²) >= 11 is 0. The van der Waals surface area contributed by atoms with E-state index >= 15 is 0 Å². The number of rotatable bonds is 2. The number of H-pyrrole nitrogens is 1. The number of nitrogens with zero attached hydrogens (tertiary/aromatic N) is 3. The average molecular weight is 238 g/mol. The fourth-order valence-corrected chi connectivity index (χ4v) is 1.94. The normalized spacial score (nSPS) is 11.3. The molecular weight excluding hydrogens is 224 g/mol. The van der Waals surface area contributed by atoms with E-state index in [1.807, 2.05) is 18.2 Å². The van der Waals surface area contributed by atoms with Gasteiger partial charge in [-0.05, 0) is 24.1 Å². The minimum Gasteiger partial charge on any atom is -0.345 e. The highest BCUT2D eigenvalue weighted by atomic mass is 14.9. The molecule has 0 bridgehead atoms. The first-order valence-corrected chi connectivity index (χ1v) is 5.99. The SMILES string of the molecule is CC(C)c1cc(-c2ccc3nc[nH]c3c2)ncn1. The molecule has 0 unspecified atom stereocenters. The first kappa shape index (κ1) is 10.9. The number of aromatic nitrogens is 4. The fraction of sp³-hybridized carbons (Fsp3) is 0.214. The van der Waals surface area contributed by atoms with Crippen LogP contribution in [0.2, 0.25) is 0 Å². The molecule has 0 saturated heterocycles. The van der Waals surface area contributed by atoms with E-state index in [0.717, 1.165) is 28.0 Å². The van der Waals surface area contributed by atoms with E-state index in [0.29, 0.717) is 5.92 Å². The lowest BCUT2D eigenvalue weighted by Crippen LogP contribution is -1.95. The van der Waals surface area contributed by atoms with Crippen LogP contribution in [0.4, 0.5) is 0 Å². The summed E-state index contributed by atoms with van der Waals surface area (Å²) in [7, 11) is 0. The molecule has 0 fully saturated rings. The van der Waals surface area contributed by atoms with Gasteiger partial charge in [-0.1, -0.05) is 19.9 Å². The molecule has 0 aliphatic rings. The Kier molecular flexibility index (Phi) is 2.55. The summed E-state index contributed by atoms with van der Waals surface area (Å²) in [5, 5.41) is 0. The first-order valence-electron chi connectivity index (χ1n) is 5.99. The molecule has 2 aromatic heterocycles. The van der Waals surface area contributed by atoms with Crippen molar-refractivity contribution in [3.05, 3.63) is 42.6 Å². The smallest absolute Gasteiger partial charge is 0.116 e. The Bertz CT molecular complexity index is 685.